The summed E-state index contributed by atoms with van der Waals surface area (Å²) in [6.45, 7) is 2.66. The molecule has 0 spiro atoms. The van der Waals surface area contributed by atoms with Gasteiger partial charge in [-0.3, -0.25) is 0 Å². The molecule has 0 bridgehead atoms. The molecule has 10 heavy (non-hydrogen) atoms. The Bertz CT molecular complexity index is 91.3. The zero-order valence-corrected chi connectivity index (χ0v) is 6.59. The van der Waals surface area contributed by atoms with Crippen LogP contribution in [0.15, 0.2) is 12.2 Å². The van der Waals surface area contributed by atoms with Crippen molar-refractivity contribution < 1.29 is 5.11 Å². The van der Waals surface area contributed by atoms with E-state index in [0.29, 0.717) is 13.0 Å². The van der Waals surface area contributed by atoms with Gasteiger partial charge in [0.1, 0.15) is 0 Å². The molecule has 2 heteroatoms. The van der Waals surface area contributed by atoms with E-state index < -0.39 is 0 Å². The monoisotopic (exact) mass is 143 g/mol. The van der Waals surface area contributed by atoms with E-state index in [1.54, 1.807) is 0 Å². The molecular weight excluding hydrogens is 126 g/mol. The third-order valence-electron chi connectivity index (χ3n) is 1.28. The maximum Gasteiger partial charge on any atom is 0.0732 e. The fourth-order valence-electron chi connectivity index (χ4n) is 0.687. The van der Waals surface area contributed by atoms with Crippen molar-refractivity contribution in [2.45, 2.75) is 32.3 Å². The zero-order valence-electron chi connectivity index (χ0n) is 6.59. The van der Waals surface area contributed by atoms with Crippen LogP contribution < -0.4 is 5.73 Å². The van der Waals surface area contributed by atoms with Gasteiger partial charge in [-0.2, -0.15) is 0 Å². The molecule has 0 aromatic carbocycles. The first-order chi connectivity index (χ1) is 4.81. The second-order valence-electron chi connectivity index (χ2n) is 2.36. The second-order valence-corrected chi connectivity index (χ2v) is 2.36. The van der Waals surface area contributed by atoms with Gasteiger partial charge in [-0.15, -0.1) is 0 Å². The lowest BCUT2D eigenvalue weighted by Crippen LogP contribution is -2.10. The van der Waals surface area contributed by atoms with Crippen LogP contribution in [-0.2, 0) is 0 Å². The number of unbranched alkanes of at least 4 members (excludes halogenated alkanes) is 1. The zero-order chi connectivity index (χ0) is 7.82. The summed E-state index contributed by atoms with van der Waals surface area (Å²) >= 11 is 0. The standard InChI is InChI=1S/C8H17NO/c1-2-3-4-5-8(10)6-7-9/h4-5,8,10H,2-3,6-7,9H2,1H3/b5-4+/t8-/m0/s1. The van der Waals surface area contributed by atoms with Crippen LogP contribution in [0.1, 0.15) is 26.2 Å². The van der Waals surface area contributed by atoms with Crippen molar-refractivity contribution in [1.29, 1.82) is 0 Å². The van der Waals surface area contributed by atoms with Crippen LogP contribution in [0.25, 0.3) is 0 Å². The Morgan fingerprint density at radius 3 is 2.80 bits per heavy atom. The Morgan fingerprint density at radius 1 is 1.60 bits per heavy atom. The number of aliphatic hydroxyl groups excluding tert-OH is 1. The average molecular weight is 143 g/mol. The van der Waals surface area contributed by atoms with Gasteiger partial charge in [0.2, 0.25) is 0 Å². The highest BCUT2D eigenvalue weighted by atomic mass is 16.3. The van der Waals surface area contributed by atoms with Crippen molar-refractivity contribution in [3.63, 3.8) is 0 Å². The minimum absolute atomic E-state index is 0.337. The van der Waals surface area contributed by atoms with Gasteiger partial charge in [0.25, 0.3) is 0 Å². The maximum absolute atomic E-state index is 9.11. The quantitative estimate of drug-likeness (QED) is 0.565. The van der Waals surface area contributed by atoms with Crippen molar-refractivity contribution in [2.24, 2.45) is 5.73 Å². The van der Waals surface area contributed by atoms with Crippen LogP contribution >= 0.6 is 0 Å². The molecule has 0 amide bonds. The Balaban J connectivity index is 3.26. The fourth-order valence-corrected chi connectivity index (χ4v) is 0.687. The van der Waals surface area contributed by atoms with E-state index in [9.17, 15) is 0 Å². The van der Waals surface area contributed by atoms with Gasteiger partial charge in [0.05, 0.1) is 6.10 Å². The van der Waals surface area contributed by atoms with Gasteiger partial charge >= 0.3 is 0 Å². The first-order valence-electron chi connectivity index (χ1n) is 3.86. The molecule has 0 saturated carbocycles. The molecule has 0 rings (SSSR count). The van der Waals surface area contributed by atoms with Gasteiger partial charge in [-0.1, -0.05) is 25.5 Å². The SMILES string of the molecule is CCC/C=C/[C@H](O)CCN. The molecule has 0 unspecified atom stereocenters. The molecule has 0 aliphatic carbocycles. The molecule has 60 valence electrons. The highest BCUT2D eigenvalue weighted by Gasteiger charge is 1.93. The molecule has 0 fully saturated rings. The summed E-state index contributed by atoms with van der Waals surface area (Å²) in [6, 6.07) is 0. The summed E-state index contributed by atoms with van der Waals surface area (Å²) in [6.07, 6.45) is 6.32. The molecule has 2 nitrogen and oxygen atoms in total. The Hall–Kier alpha value is -0.340. The van der Waals surface area contributed by atoms with Crippen molar-refractivity contribution in [2.75, 3.05) is 6.54 Å². The van der Waals surface area contributed by atoms with Crippen molar-refractivity contribution in [3.05, 3.63) is 12.2 Å². The highest BCUT2D eigenvalue weighted by molar-refractivity contribution is 4.88. The van der Waals surface area contributed by atoms with Crippen LogP contribution in [0, 0.1) is 0 Å². The largest absolute Gasteiger partial charge is 0.389 e. The van der Waals surface area contributed by atoms with Crippen molar-refractivity contribution in [3.8, 4) is 0 Å². The predicted octanol–water partition coefficient (Wildman–Crippen LogP) is 1.05. The van der Waals surface area contributed by atoms with Gasteiger partial charge in [-0.05, 0) is 19.4 Å². The number of hydrogen-bond donors (Lipinski definition) is 2. The molecule has 0 aliphatic heterocycles. The molecule has 0 saturated heterocycles. The smallest absolute Gasteiger partial charge is 0.0732 e. The topological polar surface area (TPSA) is 46.2 Å². The molecule has 0 aromatic heterocycles. The van der Waals surface area contributed by atoms with E-state index in [4.69, 9.17) is 10.8 Å². The average Bonchev–Trinajstić information content (AvgIpc) is 1.89. The number of aliphatic hydroxyl groups is 1. The maximum atomic E-state index is 9.11. The Morgan fingerprint density at radius 2 is 2.30 bits per heavy atom. The number of nitrogens with two attached hydrogens (primary N) is 1. The van der Waals surface area contributed by atoms with Crippen molar-refractivity contribution >= 4 is 0 Å². The molecular formula is C8H17NO. The van der Waals surface area contributed by atoms with Gasteiger partial charge < -0.3 is 10.8 Å². The molecule has 1 atom stereocenters. The fraction of sp³-hybridized carbons (Fsp3) is 0.750. The van der Waals surface area contributed by atoms with E-state index in [1.807, 2.05) is 12.2 Å². The highest BCUT2D eigenvalue weighted by Crippen LogP contribution is 1.94. The van der Waals surface area contributed by atoms with E-state index in [1.165, 1.54) is 0 Å². The van der Waals surface area contributed by atoms with Crippen LogP contribution in [-0.4, -0.2) is 17.8 Å². The summed E-state index contributed by atoms with van der Waals surface area (Å²) in [5.74, 6) is 0. The van der Waals surface area contributed by atoms with Crippen LogP contribution in [0.5, 0.6) is 0 Å². The van der Waals surface area contributed by atoms with Crippen LogP contribution in [0.4, 0.5) is 0 Å². The summed E-state index contributed by atoms with van der Waals surface area (Å²) in [5, 5.41) is 9.11. The Kier molecular flexibility index (Phi) is 6.55. The minimum atomic E-state index is -0.337. The third kappa shape index (κ3) is 5.79. The molecule has 0 aliphatic rings. The van der Waals surface area contributed by atoms with Crippen molar-refractivity contribution in [1.82, 2.24) is 0 Å². The molecule has 3 N–H and O–H groups in total. The third-order valence-corrected chi connectivity index (χ3v) is 1.28. The minimum Gasteiger partial charge on any atom is -0.389 e. The summed E-state index contributed by atoms with van der Waals surface area (Å²) < 4.78 is 0. The molecule has 0 radical (unpaired) electrons. The molecule has 0 aromatic rings. The lowest BCUT2D eigenvalue weighted by atomic mass is 10.2. The number of hydrogen-bond acceptors (Lipinski definition) is 2. The van der Waals surface area contributed by atoms with E-state index >= 15 is 0 Å². The second kappa shape index (κ2) is 6.78. The molecule has 0 heterocycles. The predicted molar refractivity (Wildman–Crippen MR) is 43.7 cm³/mol. The normalized spacial score (nSPS) is 14.3. The van der Waals surface area contributed by atoms with Gasteiger partial charge in [0.15, 0.2) is 0 Å². The van der Waals surface area contributed by atoms with Crippen LogP contribution in [0.3, 0.4) is 0 Å². The first kappa shape index (κ1) is 9.66. The van der Waals surface area contributed by atoms with Gasteiger partial charge in [-0.25, -0.2) is 0 Å². The summed E-state index contributed by atoms with van der Waals surface area (Å²) in [7, 11) is 0. The number of allylic oxidation sites excluding steroid dienone is 1. The summed E-state index contributed by atoms with van der Waals surface area (Å²) in [5.41, 5.74) is 5.24. The van der Waals surface area contributed by atoms with Gasteiger partial charge in [0, 0.05) is 0 Å². The van der Waals surface area contributed by atoms with E-state index in [2.05, 4.69) is 6.92 Å². The summed E-state index contributed by atoms with van der Waals surface area (Å²) in [4.78, 5) is 0. The number of rotatable bonds is 5. The Labute approximate surface area is 62.7 Å². The lowest BCUT2D eigenvalue weighted by Gasteiger charge is -2.00. The van der Waals surface area contributed by atoms with Crippen LogP contribution in [0.2, 0.25) is 0 Å². The van der Waals surface area contributed by atoms with E-state index in [-0.39, 0.29) is 6.10 Å². The van der Waals surface area contributed by atoms with E-state index in [0.717, 1.165) is 12.8 Å². The lowest BCUT2D eigenvalue weighted by molar-refractivity contribution is 0.215. The first-order valence-corrected chi connectivity index (χ1v) is 3.86.